The van der Waals surface area contributed by atoms with E-state index in [0.717, 1.165) is 5.56 Å². The molecule has 0 saturated heterocycles. The zero-order valence-electron chi connectivity index (χ0n) is 8.55. The molecule has 0 aromatic heterocycles. The number of allylic oxidation sites excluding steroid dienone is 4. The van der Waals surface area contributed by atoms with E-state index in [9.17, 15) is 9.90 Å². The predicted octanol–water partition coefficient (Wildman–Crippen LogP) is 1.98. The van der Waals surface area contributed by atoms with Gasteiger partial charge in [0, 0.05) is 11.8 Å². The fourth-order valence-electron chi connectivity index (χ4n) is 1.38. The Bertz CT molecular complexity index is 481. The van der Waals surface area contributed by atoms with Gasteiger partial charge in [0.15, 0.2) is 0 Å². The van der Waals surface area contributed by atoms with E-state index in [-0.39, 0.29) is 11.7 Å². The van der Waals surface area contributed by atoms with Gasteiger partial charge in [0.05, 0.1) is 0 Å². The number of nitrogens with one attached hydrogen (secondary N) is 1. The molecule has 1 amide bonds. The number of hydrogen-bond donors (Lipinski definition) is 2. The number of phenols is 1. The lowest BCUT2D eigenvalue weighted by Crippen LogP contribution is -2.19. The second kappa shape index (κ2) is 4.49. The Hall–Kier alpha value is -2.29. The monoisotopic (exact) mass is 213 g/mol. The third-order valence-corrected chi connectivity index (χ3v) is 2.17. The summed E-state index contributed by atoms with van der Waals surface area (Å²) in [5.74, 6) is 0.0423. The number of rotatable bonds is 1. The number of carbonyl (C=O) groups excluding carboxylic acids is 1. The van der Waals surface area contributed by atoms with Crippen molar-refractivity contribution in [1.29, 1.82) is 0 Å². The van der Waals surface area contributed by atoms with Gasteiger partial charge in [-0.2, -0.15) is 0 Å². The van der Waals surface area contributed by atoms with Crippen molar-refractivity contribution in [2.24, 2.45) is 0 Å². The number of phenolic OH excluding ortho intramolecular Hbond substituents is 1. The van der Waals surface area contributed by atoms with E-state index in [1.54, 1.807) is 36.4 Å². The minimum Gasteiger partial charge on any atom is -0.508 e. The van der Waals surface area contributed by atoms with Gasteiger partial charge >= 0.3 is 0 Å². The van der Waals surface area contributed by atoms with Crippen molar-refractivity contribution in [1.82, 2.24) is 5.32 Å². The van der Waals surface area contributed by atoms with Crippen LogP contribution in [0, 0.1) is 0 Å². The highest BCUT2D eigenvalue weighted by atomic mass is 16.3. The number of aromatic hydroxyl groups is 1. The molecule has 0 fully saturated rings. The van der Waals surface area contributed by atoms with E-state index < -0.39 is 0 Å². The molecule has 0 atom stereocenters. The van der Waals surface area contributed by atoms with Crippen molar-refractivity contribution >= 4 is 11.6 Å². The highest BCUT2D eigenvalue weighted by Crippen LogP contribution is 2.16. The molecule has 0 unspecified atom stereocenters. The predicted molar refractivity (Wildman–Crippen MR) is 62.5 cm³/mol. The maximum Gasteiger partial charge on any atom is 0.248 e. The van der Waals surface area contributed by atoms with E-state index in [1.807, 2.05) is 12.2 Å². The number of benzene rings is 1. The molecule has 3 heteroatoms. The normalized spacial score (nSPS) is 22.2. The molecule has 0 bridgehead atoms. The number of carbonyl (C=O) groups is 1. The van der Waals surface area contributed by atoms with Gasteiger partial charge in [-0.15, -0.1) is 0 Å². The fraction of sp³-hybridized carbons (Fsp3) is 0. The molecule has 80 valence electrons. The van der Waals surface area contributed by atoms with Gasteiger partial charge in [0.1, 0.15) is 5.75 Å². The minimum atomic E-state index is -0.163. The van der Waals surface area contributed by atoms with E-state index in [1.165, 1.54) is 6.08 Å². The molecule has 3 nitrogen and oxygen atoms in total. The zero-order valence-corrected chi connectivity index (χ0v) is 8.55. The van der Waals surface area contributed by atoms with Crippen molar-refractivity contribution in [3.8, 4) is 5.75 Å². The molecular weight excluding hydrogens is 202 g/mol. The molecule has 1 heterocycles. The van der Waals surface area contributed by atoms with Crippen LogP contribution in [0.2, 0.25) is 0 Å². The van der Waals surface area contributed by atoms with Gasteiger partial charge in [-0.1, -0.05) is 18.2 Å². The molecule has 1 aliphatic rings. The lowest BCUT2D eigenvalue weighted by atomic mass is 10.1. The van der Waals surface area contributed by atoms with Crippen molar-refractivity contribution in [3.63, 3.8) is 0 Å². The fourth-order valence-corrected chi connectivity index (χ4v) is 1.38. The molecule has 1 aromatic carbocycles. The number of hydrogen-bond acceptors (Lipinski definition) is 2. The van der Waals surface area contributed by atoms with Crippen LogP contribution in [0.3, 0.4) is 0 Å². The van der Waals surface area contributed by atoms with Crippen molar-refractivity contribution < 1.29 is 9.90 Å². The van der Waals surface area contributed by atoms with Gasteiger partial charge in [-0.25, -0.2) is 0 Å². The number of amides is 1. The minimum absolute atomic E-state index is 0.163. The second-order valence-corrected chi connectivity index (χ2v) is 3.36. The molecule has 1 aromatic rings. The highest BCUT2D eigenvalue weighted by Gasteiger charge is 2.04. The third-order valence-electron chi connectivity index (χ3n) is 2.17. The standard InChI is InChI=1S/C13H11NO2/c15-11-8-6-10(7-9-11)12-4-2-1-3-5-13(16)14-12/h1-9,15H,(H,14,16). The van der Waals surface area contributed by atoms with E-state index in [2.05, 4.69) is 5.32 Å². The average molecular weight is 213 g/mol. The van der Waals surface area contributed by atoms with Crippen LogP contribution in [0.4, 0.5) is 0 Å². The summed E-state index contributed by atoms with van der Waals surface area (Å²) in [6.45, 7) is 0. The third kappa shape index (κ3) is 2.39. The van der Waals surface area contributed by atoms with Crippen LogP contribution in [-0.2, 0) is 4.79 Å². The Labute approximate surface area is 93.4 Å². The van der Waals surface area contributed by atoms with Crippen LogP contribution in [0.5, 0.6) is 5.75 Å². The van der Waals surface area contributed by atoms with Gasteiger partial charge in [0.25, 0.3) is 0 Å². The maximum absolute atomic E-state index is 11.4. The molecule has 2 N–H and O–H groups in total. The first-order chi connectivity index (χ1) is 7.75. The summed E-state index contributed by atoms with van der Waals surface area (Å²) in [4.78, 5) is 11.4. The molecule has 16 heavy (non-hydrogen) atoms. The van der Waals surface area contributed by atoms with Gasteiger partial charge < -0.3 is 10.4 Å². The Morgan fingerprint density at radius 2 is 1.75 bits per heavy atom. The average Bonchev–Trinajstić information content (AvgIpc) is 2.24. The lowest BCUT2D eigenvalue weighted by molar-refractivity contribution is -0.115. The molecule has 0 aliphatic carbocycles. The first kappa shape index (κ1) is 10.2. The van der Waals surface area contributed by atoms with Crippen molar-refractivity contribution in [2.75, 3.05) is 0 Å². The maximum atomic E-state index is 11.4. The summed E-state index contributed by atoms with van der Waals surface area (Å²) in [6.07, 6.45) is 8.59. The van der Waals surface area contributed by atoms with E-state index in [4.69, 9.17) is 0 Å². The van der Waals surface area contributed by atoms with Crippen LogP contribution < -0.4 is 5.32 Å². The molecule has 0 saturated carbocycles. The highest BCUT2D eigenvalue weighted by molar-refractivity contribution is 5.95. The van der Waals surface area contributed by atoms with Crippen LogP contribution in [0.1, 0.15) is 5.56 Å². The largest absolute Gasteiger partial charge is 0.508 e. The van der Waals surface area contributed by atoms with Crippen LogP contribution in [0.25, 0.3) is 5.70 Å². The summed E-state index contributed by atoms with van der Waals surface area (Å²) in [7, 11) is 0. The molecule has 1 aliphatic heterocycles. The van der Waals surface area contributed by atoms with Crippen molar-refractivity contribution in [2.45, 2.75) is 0 Å². The first-order valence-corrected chi connectivity index (χ1v) is 4.91. The second-order valence-electron chi connectivity index (χ2n) is 3.36. The Morgan fingerprint density at radius 1 is 1.00 bits per heavy atom. The molecule has 0 radical (unpaired) electrons. The summed E-state index contributed by atoms with van der Waals surface area (Å²) < 4.78 is 0. The first-order valence-electron chi connectivity index (χ1n) is 4.91. The Balaban J connectivity index is 2.32. The van der Waals surface area contributed by atoms with E-state index >= 15 is 0 Å². The smallest absolute Gasteiger partial charge is 0.248 e. The topological polar surface area (TPSA) is 49.3 Å². The van der Waals surface area contributed by atoms with Gasteiger partial charge in [-0.3, -0.25) is 4.79 Å². The zero-order chi connectivity index (χ0) is 11.4. The van der Waals surface area contributed by atoms with Crippen LogP contribution >= 0.6 is 0 Å². The van der Waals surface area contributed by atoms with Crippen molar-refractivity contribution in [3.05, 3.63) is 60.2 Å². The Kier molecular flexibility index (Phi) is 2.87. The molecular formula is C13H11NO2. The van der Waals surface area contributed by atoms with Crippen LogP contribution in [-0.4, -0.2) is 11.0 Å². The Morgan fingerprint density at radius 3 is 2.50 bits per heavy atom. The van der Waals surface area contributed by atoms with Crippen LogP contribution in [0.15, 0.2) is 54.6 Å². The summed E-state index contributed by atoms with van der Waals surface area (Å²) in [5, 5.41) is 11.9. The van der Waals surface area contributed by atoms with Gasteiger partial charge in [-0.05, 0) is 35.9 Å². The summed E-state index contributed by atoms with van der Waals surface area (Å²) in [6, 6.07) is 6.67. The summed E-state index contributed by atoms with van der Waals surface area (Å²) in [5.41, 5.74) is 1.57. The molecule has 2 rings (SSSR count). The van der Waals surface area contributed by atoms with Gasteiger partial charge in [0.2, 0.25) is 5.91 Å². The SMILES string of the molecule is O=C1\C=C/C=C\C=C(\c2ccc(O)cc2)N1. The lowest BCUT2D eigenvalue weighted by Gasteiger charge is -2.08. The summed E-state index contributed by atoms with van der Waals surface area (Å²) >= 11 is 0. The van der Waals surface area contributed by atoms with E-state index in [0.29, 0.717) is 5.70 Å². The molecule has 0 spiro atoms. The quantitative estimate of drug-likeness (QED) is 0.749.